The average Bonchev–Trinajstić information content (AvgIpc) is 3.22. The number of hydrogen-bond donors (Lipinski definition) is 0. The molecule has 0 aromatic heterocycles. The Balaban J connectivity index is 1.34. The standard InChI is InChI=1S/C55H55BN2Si/c1-53(2,3)38-26-30-42(31-27-38)58-45-23-17-22-44-50(45)56-51-46(57(44)41-28-24-37(25-29-41)36-18-13-11-14-19-36)32-39(54(4,5)6)34-48(51)59(10,43-20-15-12-16-21-43)49-35-40(55(7,8)9)33-47(58)52(49)56/h11-35H,1-10H3. The largest absolute Gasteiger partial charge is 0.311 e. The Bertz CT molecular complexity index is 2770. The molecule has 292 valence electrons. The van der Waals surface area contributed by atoms with Crippen LogP contribution in [-0.4, -0.2) is 14.8 Å². The number of hydrogen-bond acceptors (Lipinski definition) is 2. The van der Waals surface area contributed by atoms with E-state index in [9.17, 15) is 0 Å². The maximum Gasteiger partial charge on any atom is 0.251 e. The Labute approximate surface area is 353 Å². The molecule has 0 radical (unpaired) electrons. The molecule has 0 bridgehead atoms. The zero-order chi connectivity index (χ0) is 41.2. The Hall–Kier alpha value is -5.58. The fourth-order valence-corrected chi connectivity index (χ4v) is 14.5. The van der Waals surface area contributed by atoms with E-state index >= 15 is 0 Å². The van der Waals surface area contributed by atoms with Crippen LogP contribution in [-0.2, 0) is 16.2 Å². The minimum absolute atomic E-state index is 0.0462. The zero-order valence-electron chi connectivity index (χ0n) is 36.4. The lowest BCUT2D eigenvalue weighted by Gasteiger charge is -2.51. The van der Waals surface area contributed by atoms with Gasteiger partial charge >= 0.3 is 0 Å². The van der Waals surface area contributed by atoms with Crippen molar-refractivity contribution in [3.8, 4) is 11.1 Å². The predicted molar refractivity (Wildman–Crippen MR) is 259 cm³/mol. The Kier molecular flexibility index (Phi) is 8.28. The smallest absolute Gasteiger partial charge is 0.251 e. The first-order valence-corrected chi connectivity index (χ1v) is 24.0. The van der Waals surface area contributed by atoms with E-state index in [-0.39, 0.29) is 23.0 Å². The highest BCUT2D eigenvalue weighted by atomic mass is 28.3. The average molecular weight is 783 g/mol. The molecule has 0 amide bonds. The molecule has 0 N–H and O–H groups in total. The van der Waals surface area contributed by atoms with Gasteiger partial charge in [0.05, 0.1) is 0 Å². The van der Waals surface area contributed by atoms with Crippen LogP contribution in [0.1, 0.15) is 79.0 Å². The SMILES string of the molecule is CC(C)(C)c1ccc(N2c3cccc4c3B3c5c(cc(C(C)(C)C)cc5[Si](C)(c5ccccc5)c5cc(C(C)(C)C)cc2c53)N4c2ccc(-c3ccccc3)cc2)cc1. The van der Waals surface area contributed by atoms with Crippen LogP contribution in [0.5, 0.6) is 0 Å². The van der Waals surface area contributed by atoms with Gasteiger partial charge in [0.2, 0.25) is 0 Å². The van der Waals surface area contributed by atoms with Crippen molar-refractivity contribution in [2.45, 2.75) is 85.1 Å². The second-order valence-corrected chi connectivity index (χ2v) is 24.3. The highest BCUT2D eigenvalue weighted by Crippen LogP contribution is 2.46. The lowest BCUT2D eigenvalue weighted by atomic mass is 9.33. The number of rotatable bonds is 4. The zero-order valence-corrected chi connectivity index (χ0v) is 37.4. The van der Waals surface area contributed by atoms with Crippen LogP contribution >= 0.6 is 0 Å². The van der Waals surface area contributed by atoms with Gasteiger partial charge in [-0.05, 0) is 114 Å². The van der Waals surface area contributed by atoms with E-state index in [1.807, 2.05) is 0 Å². The van der Waals surface area contributed by atoms with Crippen molar-refractivity contribution >= 4 is 80.9 Å². The van der Waals surface area contributed by atoms with E-state index in [1.165, 1.54) is 83.5 Å². The van der Waals surface area contributed by atoms with E-state index in [0.29, 0.717) is 0 Å². The molecule has 0 fully saturated rings. The van der Waals surface area contributed by atoms with E-state index < -0.39 is 8.07 Å². The van der Waals surface area contributed by atoms with E-state index in [0.717, 1.165) is 0 Å². The number of nitrogens with zero attached hydrogens (tertiary/aromatic N) is 2. The van der Waals surface area contributed by atoms with Gasteiger partial charge in [0.25, 0.3) is 6.71 Å². The monoisotopic (exact) mass is 782 g/mol. The first-order chi connectivity index (χ1) is 28.0. The van der Waals surface area contributed by atoms with Gasteiger partial charge in [-0.15, -0.1) is 0 Å². The van der Waals surface area contributed by atoms with Gasteiger partial charge in [-0.3, -0.25) is 0 Å². The molecule has 1 unspecified atom stereocenters. The van der Waals surface area contributed by atoms with Crippen LogP contribution in [0.25, 0.3) is 11.1 Å². The Morgan fingerprint density at radius 1 is 0.390 bits per heavy atom. The first kappa shape index (κ1) is 37.7. The summed E-state index contributed by atoms with van der Waals surface area (Å²) in [6.45, 7) is 24.0. The van der Waals surface area contributed by atoms with Gasteiger partial charge in [0.1, 0.15) is 8.07 Å². The van der Waals surface area contributed by atoms with Crippen LogP contribution in [0.4, 0.5) is 34.1 Å². The van der Waals surface area contributed by atoms with Crippen molar-refractivity contribution in [2.75, 3.05) is 9.80 Å². The molecule has 0 spiro atoms. The molecule has 3 aliphatic rings. The summed E-state index contributed by atoms with van der Waals surface area (Å²) in [6.07, 6.45) is 0. The van der Waals surface area contributed by atoms with Crippen LogP contribution in [0.2, 0.25) is 6.55 Å². The molecule has 3 aliphatic heterocycles. The molecule has 4 heteroatoms. The molecule has 3 heterocycles. The van der Waals surface area contributed by atoms with Gasteiger partial charge in [-0.25, -0.2) is 0 Å². The number of benzene rings is 7. The van der Waals surface area contributed by atoms with Gasteiger partial charge in [-0.1, -0.05) is 182 Å². The molecule has 2 nitrogen and oxygen atoms in total. The maximum atomic E-state index is 2.65. The summed E-state index contributed by atoms with van der Waals surface area (Å²) < 4.78 is 0. The third-order valence-corrected chi connectivity index (χ3v) is 18.1. The summed E-state index contributed by atoms with van der Waals surface area (Å²) in [4.78, 5) is 5.23. The third kappa shape index (κ3) is 5.74. The van der Waals surface area contributed by atoms with Crippen molar-refractivity contribution in [1.29, 1.82) is 0 Å². The highest BCUT2D eigenvalue weighted by molar-refractivity contribution is 7.21. The molecular formula is C55H55BN2Si. The van der Waals surface area contributed by atoms with Crippen LogP contribution < -0.4 is 41.7 Å². The van der Waals surface area contributed by atoms with E-state index in [4.69, 9.17) is 0 Å². The van der Waals surface area contributed by atoms with E-state index in [1.54, 1.807) is 10.4 Å². The second-order valence-electron chi connectivity index (χ2n) is 20.4. The fraction of sp³-hybridized carbons (Fsp3) is 0.236. The highest BCUT2D eigenvalue weighted by Gasteiger charge is 2.54. The summed E-state index contributed by atoms with van der Waals surface area (Å²) in [5.74, 6) is 0. The van der Waals surface area contributed by atoms with Gasteiger partial charge in [0.15, 0.2) is 0 Å². The van der Waals surface area contributed by atoms with Gasteiger partial charge in [0, 0.05) is 34.1 Å². The van der Waals surface area contributed by atoms with Crippen molar-refractivity contribution < 1.29 is 0 Å². The summed E-state index contributed by atoms with van der Waals surface area (Å²) in [5.41, 5.74) is 18.5. The molecule has 10 rings (SSSR count). The Morgan fingerprint density at radius 3 is 1.27 bits per heavy atom. The number of anilines is 6. The van der Waals surface area contributed by atoms with Crippen molar-refractivity contribution in [3.63, 3.8) is 0 Å². The summed E-state index contributed by atoms with van der Waals surface area (Å²) in [6, 6.07) is 58.5. The molecule has 1 atom stereocenters. The molecule has 0 saturated heterocycles. The van der Waals surface area contributed by atoms with Crippen LogP contribution in [0.15, 0.2) is 152 Å². The normalized spacial score (nSPS) is 16.6. The van der Waals surface area contributed by atoms with Crippen molar-refractivity contribution in [3.05, 3.63) is 168 Å². The molecular weight excluding hydrogens is 728 g/mol. The lowest BCUT2D eigenvalue weighted by Crippen LogP contribution is -2.83. The van der Waals surface area contributed by atoms with Gasteiger partial charge < -0.3 is 9.80 Å². The lowest BCUT2D eigenvalue weighted by molar-refractivity contribution is 0.590. The second kappa shape index (κ2) is 13.0. The maximum absolute atomic E-state index is 2.65. The summed E-state index contributed by atoms with van der Waals surface area (Å²) in [5, 5.41) is 4.57. The minimum Gasteiger partial charge on any atom is -0.311 e. The molecule has 7 aromatic carbocycles. The van der Waals surface area contributed by atoms with Crippen molar-refractivity contribution in [1.82, 2.24) is 0 Å². The summed E-state index contributed by atoms with van der Waals surface area (Å²) in [7, 11) is -2.65. The fourth-order valence-electron chi connectivity index (χ4n) is 10.2. The molecule has 0 aliphatic carbocycles. The molecule has 0 saturated carbocycles. The van der Waals surface area contributed by atoms with Gasteiger partial charge in [-0.2, -0.15) is 0 Å². The Morgan fingerprint density at radius 2 is 0.814 bits per heavy atom. The topological polar surface area (TPSA) is 6.48 Å². The third-order valence-electron chi connectivity index (χ3n) is 13.6. The summed E-state index contributed by atoms with van der Waals surface area (Å²) >= 11 is 0. The van der Waals surface area contributed by atoms with Crippen molar-refractivity contribution in [2.24, 2.45) is 0 Å². The molecule has 59 heavy (non-hydrogen) atoms. The van der Waals surface area contributed by atoms with E-state index in [2.05, 4.69) is 230 Å². The first-order valence-electron chi connectivity index (χ1n) is 21.5. The molecule has 7 aromatic rings. The minimum atomic E-state index is -2.65. The van der Waals surface area contributed by atoms with Crippen LogP contribution in [0, 0.1) is 0 Å². The quantitative estimate of drug-likeness (QED) is 0.164. The predicted octanol–water partition coefficient (Wildman–Crippen LogP) is 10.7. The van der Waals surface area contributed by atoms with Crippen LogP contribution in [0.3, 0.4) is 0 Å².